The summed E-state index contributed by atoms with van der Waals surface area (Å²) < 4.78 is 0. The van der Waals surface area contributed by atoms with Gasteiger partial charge in [0.2, 0.25) is 0 Å². The minimum Gasteiger partial charge on any atom is -0.0626 e. The number of allylic oxidation sites excluding steroid dienone is 1. The molecule has 0 amide bonds. The van der Waals surface area contributed by atoms with Gasteiger partial charge in [-0.3, -0.25) is 0 Å². The molecule has 0 atom stereocenters. The van der Waals surface area contributed by atoms with Gasteiger partial charge in [-0.05, 0) is 56.1 Å². The van der Waals surface area contributed by atoms with Gasteiger partial charge in [-0.25, -0.2) is 0 Å². The zero-order chi connectivity index (χ0) is 17.7. The lowest BCUT2D eigenvalue weighted by atomic mass is 9.91. The van der Waals surface area contributed by atoms with Crippen molar-refractivity contribution in [1.82, 2.24) is 0 Å². The van der Waals surface area contributed by atoms with E-state index >= 15 is 0 Å². The molecule has 0 heteroatoms. The van der Waals surface area contributed by atoms with Crippen molar-refractivity contribution in [3.63, 3.8) is 0 Å². The van der Waals surface area contributed by atoms with Crippen molar-refractivity contribution in [2.45, 2.75) is 20.3 Å². The lowest BCUT2D eigenvalue weighted by Crippen LogP contribution is -1.93. The molecule has 0 saturated heterocycles. The van der Waals surface area contributed by atoms with Crippen LogP contribution in [0.1, 0.15) is 25.0 Å². The highest BCUT2D eigenvalue weighted by Gasteiger charge is 2.19. The molecular formula is C26H22. The first-order valence-electron chi connectivity index (χ1n) is 9.45. The van der Waals surface area contributed by atoms with Gasteiger partial charge in [0.25, 0.3) is 0 Å². The fourth-order valence-electron chi connectivity index (χ4n) is 4.27. The highest BCUT2D eigenvalue weighted by Crippen LogP contribution is 2.39. The molecule has 0 fully saturated rings. The molecule has 1 aliphatic rings. The number of benzene rings is 4. The smallest absolute Gasteiger partial charge is 0.00550 e. The summed E-state index contributed by atoms with van der Waals surface area (Å²) >= 11 is 0. The molecule has 0 nitrogen and oxygen atoms in total. The van der Waals surface area contributed by atoms with Crippen LogP contribution in [0.25, 0.3) is 38.7 Å². The maximum absolute atomic E-state index is 2.43. The summed E-state index contributed by atoms with van der Waals surface area (Å²) in [4.78, 5) is 0. The average molecular weight is 334 g/mol. The maximum Gasteiger partial charge on any atom is -0.00550 e. The number of hydrogen-bond donors (Lipinski definition) is 0. The van der Waals surface area contributed by atoms with Crippen LogP contribution in [0.2, 0.25) is 0 Å². The largest absolute Gasteiger partial charge is 0.0626 e. The molecule has 0 saturated carbocycles. The molecule has 0 spiro atoms. The van der Waals surface area contributed by atoms with E-state index in [1.165, 1.54) is 49.4 Å². The normalized spacial score (nSPS) is 13.4. The molecule has 5 rings (SSSR count). The Balaban J connectivity index is 1.80. The molecule has 126 valence electrons. The van der Waals surface area contributed by atoms with Crippen LogP contribution in [0, 0.1) is 5.92 Å². The van der Waals surface area contributed by atoms with Crippen LogP contribution < -0.4 is 0 Å². The zero-order valence-electron chi connectivity index (χ0n) is 15.3. The topological polar surface area (TPSA) is 0 Å². The molecule has 0 bridgehead atoms. The summed E-state index contributed by atoms with van der Waals surface area (Å²) in [5, 5.41) is 5.31. The third-order valence-corrected chi connectivity index (χ3v) is 5.74. The SMILES string of the molecule is CC(C)C1=Cc2c(cccc2-c2cccc3c2ccc2ccccc23)C1. The molecule has 0 aliphatic heterocycles. The van der Waals surface area contributed by atoms with Crippen molar-refractivity contribution >= 4 is 27.6 Å². The second-order valence-electron chi connectivity index (χ2n) is 7.62. The van der Waals surface area contributed by atoms with E-state index < -0.39 is 0 Å². The van der Waals surface area contributed by atoms with Gasteiger partial charge in [-0.2, -0.15) is 0 Å². The van der Waals surface area contributed by atoms with Crippen LogP contribution in [-0.4, -0.2) is 0 Å². The highest BCUT2D eigenvalue weighted by molar-refractivity contribution is 6.12. The monoisotopic (exact) mass is 334 g/mol. The Labute approximate surface area is 154 Å². The van der Waals surface area contributed by atoms with E-state index in [4.69, 9.17) is 0 Å². The highest BCUT2D eigenvalue weighted by atomic mass is 14.2. The summed E-state index contributed by atoms with van der Waals surface area (Å²) in [6.45, 7) is 4.59. The van der Waals surface area contributed by atoms with Gasteiger partial charge in [0.05, 0.1) is 0 Å². The quantitative estimate of drug-likeness (QED) is 0.338. The Bertz CT molecular complexity index is 1180. The van der Waals surface area contributed by atoms with Gasteiger partial charge in [-0.1, -0.05) is 98.3 Å². The van der Waals surface area contributed by atoms with Gasteiger partial charge >= 0.3 is 0 Å². The van der Waals surface area contributed by atoms with Gasteiger partial charge in [0.15, 0.2) is 0 Å². The zero-order valence-corrected chi connectivity index (χ0v) is 15.3. The fraction of sp³-hybridized carbons (Fsp3) is 0.154. The molecule has 26 heavy (non-hydrogen) atoms. The third-order valence-electron chi connectivity index (χ3n) is 5.74. The van der Waals surface area contributed by atoms with Crippen LogP contribution >= 0.6 is 0 Å². The predicted octanol–water partition coefficient (Wildman–Crippen LogP) is 7.26. The molecule has 4 aromatic rings. The van der Waals surface area contributed by atoms with E-state index in [0.29, 0.717) is 5.92 Å². The van der Waals surface area contributed by atoms with Crippen molar-refractivity contribution in [2.75, 3.05) is 0 Å². The minimum atomic E-state index is 0.603. The molecule has 0 unspecified atom stereocenters. The van der Waals surface area contributed by atoms with Crippen molar-refractivity contribution in [3.05, 3.63) is 89.5 Å². The van der Waals surface area contributed by atoms with Crippen LogP contribution in [-0.2, 0) is 6.42 Å². The number of hydrogen-bond acceptors (Lipinski definition) is 0. The molecule has 0 radical (unpaired) electrons. The maximum atomic E-state index is 2.43. The van der Waals surface area contributed by atoms with Gasteiger partial charge in [0.1, 0.15) is 0 Å². The molecule has 4 aromatic carbocycles. The predicted molar refractivity (Wildman–Crippen MR) is 113 cm³/mol. The fourth-order valence-corrected chi connectivity index (χ4v) is 4.27. The molecule has 0 aromatic heterocycles. The first-order chi connectivity index (χ1) is 12.7. The minimum absolute atomic E-state index is 0.603. The van der Waals surface area contributed by atoms with Crippen molar-refractivity contribution in [1.29, 1.82) is 0 Å². The van der Waals surface area contributed by atoms with Gasteiger partial charge in [0, 0.05) is 0 Å². The van der Waals surface area contributed by atoms with E-state index in [2.05, 4.69) is 92.7 Å². The van der Waals surface area contributed by atoms with E-state index in [-0.39, 0.29) is 0 Å². The summed E-state index contributed by atoms with van der Waals surface area (Å²) in [7, 11) is 0. The van der Waals surface area contributed by atoms with E-state index in [1.807, 2.05) is 0 Å². The Morgan fingerprint density at radius 1 is 0.654 bits per heavy atom. The lowest BCUT2D eigenvalue weighted by molar-refractivity contribution is 0.754. The first kappa shape index (κ1) is 15.4. The van der Waals surface area contributed by atoms with E-state index in [1.54, 1.807) is 0 Å². The second kappa shape index (κ2) is 5.85. The Morgan fingerprint density at radius 2 is 1.42 bits per heavy atom. The average Bonchev–Trinajstić information content (AvgIpc) is 3.12. The summed E-state index contributed by atoms with van der Waals surface area (Å²) in [6.07, 6.45) is 3.52. The van der Waals surface area contributed by atoms with Crippen molar-refractivity contribution in [2.24, 2.45) is 5.92 Å². The Hall–Kier alpha value is -2.86. The van der Waals surface area contributed by atoms with E-state index in [9.17, 15) is 0 Å². The standard InChI is InChI=1S/C26H22/c1-17(2)20-15-19-8-5-10-24(26(19)16-20)23-12-6-11-22-21-9-4-3-7-18(21)13-14-25(22)23/h3-14,16-17H,15H2,1-2H3. The van der Waals surface area contributed by atoms with Crippen molar-refractivity contribution < 1.29 is 0 Å². The molecule has 0 heterocycles. The van der Waals surface area contributed by atoms with Gasteiger partial charge in [-0.15, -0.1) is 0 Å². The van der Waals surface area contributed by atoms with Gasteiger partial charge < -0.3 is 0 Å². The lowest BCUT2D eigenvalue weighted by Gasteiger charge is -2.12. The van der Waals surface area contributed by atoms with Crippen LogP contribution in [0.4, 0.5) is 0 Å². The van der Waals surface area contributed by atoms with Crippen LogP contribution in [0.15, 0.2) is 78.4 Å². The number of fused-ring (bicyclic) bond motifs is 4. The van der Waals surface area contributed by atoms with E-state index in [0.717, 1.165) is 6.42 Å². The summed E-state index contributed by atoms with van der Waals surface area (Å²) in [5.41, 5.74) is 7.12. The second-order valence-corrected chi connectivity index (χ2v) is 7.62. The third kappa shape index (κ3) is 2.29. The molecular weight excluding hydrogens is 312 g/mol. The summed E-state index contributed by atoms with van der Waals surface area (Å²) in [5.74, 6) is 0.603. The number of rotatable bonds is 2. The molecule has 1 aliphatic carbocycles. The first-order valence-corrected chi connectivity index (χ1v) is 9.45. The molecule has 0 N–H and O–H groups in total. The van der Waals surface area contributed by atoms with Crippen molar-refractivity contribution in [3.8, 4) is 11.1 Å². The Kier molecular flexibility index (Phi) is 3.46. The van der Waals surface area contributed by atoms with Crippen LogP contribution in [0.3, 0.4) is 0 Å². The summed E-state index contributed by atoms with van der Waals surface area (Å²) in [6, 6.07) is 26.7. The Morgan fingerprint density at radius 3 is 2.31 bits per heavy atom. The van der Waals surface area contributed by atoms with Crippen LogP contribution in [0.5, 0.6) is 0 Å².